The second-order valence-electron chi connectivity index (χ2n) is 4.71. The van der Waals surface area contributed by atoms with Crippen LogP contribution in [0.25, 0.3) is 0 Å². The van der Waals surface area contributed by atoms with Crippen molar-refractivity contribution in [1.29, 1.82) is 0 Å². The third-order valence-electron chi connectivity index (χ3n) is 3.59. The molecular formula is C14H20FNO. The lowest BCUT2D eigenvalue weighted by Crippen LogP contribution is -2.48. The Morgan fingerprint density at radius 2 is 1.94 bits per heavy atom. The van der Waals surface area contributed by atoms with Gasteiger partial charge in [-0.15, -0.1) is 0 Å². The van der Waals surface area contributed by atoms with Gasteiger partial charge in [-0.1, -0.05) is 25.1 Å². The third-order valence-corrected chi connectivity index (χ3v) is 3.59. The van der Waals surface area contributed by atoms with Gasteiger partial charge in [-0.25, -0.2) is 4.39 Å². The number of rotatable bonds is 5. The quantitative estimate of drug-likeness (QED) is 0.784. The molecule has 0 aliphatic heterocycles. The molecule has 3 heteroatoms. The van der Waals surface area contributed by atoms with Gasteiger partial charge >= 0.3 is 0 Å². The summed E-state index contributed by atoms with van der Waals surface area (Å²) < 4.78 is 13.5. The molecule has 2 nitrogen and oxygen atoms in total. The molecule has 1 aromatic rings. The number of ketones is 1. The molecule has 0 radical (unpaired) electrons. The number of likely N-dealkylation sites (N-methyl/N-ethyl adjacent to an activating group) is 1. The first-order valence-corrected chi connectivity index (χ1v) is 5.86. The van der Waals surface area contributed by atoms with Crippen molar-refractivity contribution in [3.63, 3.8) is 0 Å². The van der Waals surface area contributed by atoms with Gasteiger partial charge in [0.15, 0.2) is 5.78 Å². The van der Waals surface area contributed by atoms with Gasteiger partial charge in [0.2, 0.25) is 0 Å². The van der Waals surface area contributed by atoms with Crippen LogP contribution in [0.5, 0.6) is 0 Å². The zero-order valence-electron chi connectivity index (χ0n) is 11.0. The van der Waals surface area contributed by atoms with Crippen molar-refractivity contribution in [2.24, 2.45) is 0 Å². The molecule has 1 unspecified atom stereocenters. The normalized spacial score (nSPS) is 14.7. The van der Waals surface area contributed by atoms with E-state index in [4.69, 9.17) is 0 Å². The standard InChI is InChI=1S/C14H20FNO/c1-5-14(2,16(3)4)13(17)10-11-8-6-7-9-12(11)15/h6-9H,5,10H2,1-4H3. The van der Waals surface area contributed by atoms with Crippen LogP contribution in [0.1, 0.15) is 25.8 Å². The van der Waals surface area contributed by atoms with Gasteiger partial charge < -0.3 is 0 Å². The summed E-state index contributed by atoms with van der Waals surface area (Å²) in [7, 11) is 3.76. The van der Waals surface area contributed by atoms with E-state index in [0.717, 1.165) is 0 Å². The van der Waals surface area contributed by atoms with Crippen molar-refractivity contribution in [3.8, 4) is 0 Å². The lowest BCUT2D eigenvalue weighted by molar-refractivity contribution is -0.128. The number of hydrogen-bond donors (Lipinski definition) is 0. The molecule has 0 aromatic heterocycles. The summed E-state index contributed by atoms with van der Waals surface area (Å²) in [6.07, 6.45) is 0.864. The molecule has 0 aliphatic carbocycles. The van der Waals surface area contributed by atoms with Crippen LogP contribution in [-0.2, 0) is 11.2 Å². The summed E-state index contributed by atoms with van der Waals surface area (Å²) in [5.41, 5.74) is -0.0542. The van der Waals surface area contributed by atoms with Crippen LogP contribution >= 0.6 is 0 Å². The Labute approximate surface area is 102 Å². The van der Waals surface area contributed by atoms with Gasteiger partial charge in [0.25, 0.3) is 0 Å². The van der Waals surface area contributed by atoms with Crippen LogP contribution in [0.15, 0.2) is 24.3 Å². The van der Waals surface area contributed by atoms with E-state index in [1.54, 1.807) is 18.2 Å². The van der Waals surface area contributed by atoms with Gasteiger partial charge in [-0.3, -0.25) is 9.69 Å². The van der Waals surface area contributed by atoms with Crippen molar-refractivity contribution in [1.82, 2.24) is 4.90 Å². The molecule has 1 atom stereocenters. The zero-order valence-corrected chi connectivity index (χ0v) is 11.0. The predicted octanol–water partition coefficient (Wildman–Crippen LogP) is 2.67. The molecule has 0 aliphatic rings. The van der Waals surface area contributed by atoms with Crippen LogP contribution in [0, 0.1) is 5.82 Å². The third kappa shape index (κ3) is 2.91. The Morgan fingerprint density at radius 3 is 2.41 bits per heavy atom. The Kier molecular flexibility index (Phi) is 4.40. The highest BCUT2D eigenvalue weighted by Crippen LogP contribution is 2.20. The van der Waals surface area contributed by atoms with Crippen LogP contribution in [-0.4, -0.2) is 30.3 Å². The fraction of sp³-hybridized carbons (Fsp3) is 0.500. The SMILES string of the molecule is CCC(C)(C(=O)Cc1ccccc1F)N(C)C. The number of benzene rings is 1. The van der Waals surface area contributed by atoms with Crippen molar-refractivity contribution in [3.05, 3.63) is 35.6 Å². The van der Waals surface area contributed by atoms with Gasteiger partial charge in [-0.2, -0.15) is 0 Å². The number of Topliss-reactive ketones (excluding diaryl/α,β-unsaturated/α-hetero) is 1. The summed E-state index contributed by atoms with van der Waals surface area (Å²) >= 11 is 0. The fourth-order valence-electron chi connectivity index (χ4n) is 1.77. The average molecular weight is 237 g/mol. The van der Waals surface area contributed by atoms with E-state index in [9.17, 15) is 9.18 Å². The number of carbonyl (C=O) groups is 1. The molecule has 0 heterocycles. The molecule has 0 amide bonds. The molecule has 0 spiro atoms. The number of nitrogens with zero attached hydrogens (tertiary/aromatic N) is 1. The minimum Gasteiger partial charge on any atom is -0.297 e. The largest absolute Gasteiger partial charge is 0.297 e. The van der Waals surface area contributed by atoms with Crippen molar-refractivity contribution in [2.75, 3.05) is 14.1 Å². The molecule has 0 fully saturated rings. The first-order chi connectivity index (χ1) is 7.91. The van der Waals surface area contributed by atoms with Crippen molar-refractivity contribution in [2.45, 2.75) is 32.2 Å². The first kappa shape index (κ1) is 13.8. The van der Waals surface area contributed by atoms with Crippen LogP contribution in [0.2, 0.25) is 0 Å². The monoisotopic (exact) mass is 237 g/mol. The average Bonchev–Trinajstić information content (AvgIpc) is 2.30. The highest BCUT2D eigenvalue weighted by Gasteiger charge is 2.33. The minimum atomic E-state index is -0.526. The smallest absolute Gasteiger partial charge is 0.157 e. The predicted molar refractivity (Wildman–Crippen MR) is 67.5 cm³/mol. The minimum absolute atomic E-state index is 0.0510. The maximum absolute atomic E-state index is 13.5. The van der Waals surface area contributed by atoms with E-state index >= 15 is 0 Å². The first-order valence-electron chi connectivity index (χ1n) is 5.86. The second-order valence-corrected chi connectivity index (χ2v) is 4.71. The molecular weight excluding hydrogens is 217 g/mol. The topological polar surface area (TPSA) is 20.3 Å². The van der Waals surface area contributed by atoms with E-state index in [1.807, 2.05) is 32.8 Å². The lowest BCUT2D eigenvalue weighted by atomic mass is 9.88. The van der Waals surface area contributed by atoms with E-state index in [-0.39, 0.29) is 18.0 Å². The highest BCUT2D eigenvalue weighted by atomic mass is 19.1. The van der Waals surface area contributed by atoms with Gasteiger partial charge in [0.05, 0.1) is 5.54 Å². The Balaban J connectivity index is 2.89. The highest BCUT2D eigenvalue weighted by molar-refractivity contribution is 5.89. The fourth-order valence-corrected chi connectivity index (χ4v) is 1.77. The Morgan fingerprint density at radius 1 is 1.35 bits per heavy atom. The summed E-state index contributed by atoms with van der Waals surface area (Å²) in [5, 5.41) is 0. The Bertz CT molecular complexity index is 403. The van der Waals surface area contributed by atoms with Crippen LogP contribution in [0.4, 0.5) is 4.39 Å². The van der Waals surface area contributed by atoms with Gasteiger partial charge in [0, 0.05) is 6.42 Å². The molecule has 17 heavy (non-hydrogen) atoms. The summed E-state index contributed by atoms with van der Waals surface area (Å²) in [6.45, 7) is 3.87. The Hall–Kier alpha value is -1.22. The number of halogens is 1. The van der Waals surface area contributed by atoms with Crippen LogP contribution < -0.4 is 0 Å². The van der Waals surface area contributed by atoms with E-state index < -0.39 is 5.54 Å². The van der Waals surface area contributed by atoms with Crippen LogP contribution in [0.3, 0.4) is 0 Å². The van der Waals surface area contributed by atoms with Crippen molar-refractivity contribution >= 4 is 5.78 Å². The van der Waals surface area contributed by atoms with Gasteiger partial charge in [0.1, 0.15) is 5.82 Å². The number of hydrogen-bond acceptors (Lipinski definition) is 2. The second kappa shape index (κ2) is 5.41. The molecule has 0 saturated carbocycles. The summed E-state index contributed by atoms with van der Waals surface area (Å²) in [4.78, 5) is 14.1. The van der Waals surface area contributed by atoms with E-state index in [0.29, 0.717) is 12.0 Å². The molecule has 1 aromatic carbocycles. The molecule has 94 valence electrons. The summed E-state index contributed by atoms with van der Waals surface area (Å²) in [6, 6.07) is 6.44. The summed E-state index contributed by atoms with van der Waals surface area (Å²) in [5.74, 6) is -0.256. The van der Waals surface area contributed by atoms with E-state index in [1.165, 1.54) is 6.07 Å². The zero-order chi connectivity index (χ0) is 13.1. The molecule has 0 N–H and O–H groups in total. The van der Waals surface area contributed by atoms with Gasteiger partial charge in [-0.05, 0) is 39.1 Å². The molecule has 0 bridgehead atoms. The maximum Gasteiger partial charge on any atom is 0.157 e. The van der Waals surface area contributed by atoms with Crippen molar-refractivity contribution < 1.29 is 9.18 Å². The maximum atomic E-state index is 13.5. The molecule has 0 saturated heterocycles. The molecule has 1 rings (SSSR count). The van der Waals surface area contributed by atoms with E-state index in [2.05, 4.69) is 0 Å². The lowest BCUT2D eigenvalue weighted by Gasteiger charge is -2.34. The number of carbonyl (C=O) groups excluding carboxylic acids is 1.